The van der Waals surface area contributed by atoms with Gasteiger partial charge in [-0.2, -0.15) is 5.10 Å². The number of aromatic nitrogens is 5. The van der Waals surface area contributed by atoms with E-state index in [-0.39, 0.29) is 28.8 Å². The van der Waals surface area contributed by atoms with Crippen LogP contribution in [0.5, 0.6) is 0 Å². The smallest absolute Gasteiger partial charge is 0.269 e. The number of nitrogens with one attached hydrogen (secondary N) is 1. The Morgan fingerprint density at radius 2 is 2.06 bits per heavy atom. The fourth-order valence-corrected chi connectivity index (χ4v) is 4.07. The summed E-state index contributed by atoms with van der Waals surface area (Å²) in [4.78, 5) is 14.8. The molecule has 2 aliphatic rings. The summed E-state index contributed by atoms with van der Waals surface area (Å²) >= 11 is 11.7. The molecule has 1 saturated heterocycles. The average Bonchev–Trinajstić information content (AvgIpc) is 3.13. The van der Waals surface area contributed by atoms with E-state index < -0.39 is 5.82 Å². The Morgan fingerprint density at radius 1 is 1.24 bits per heavy atom. The SMILES string of the molecule is Cn1nnc(-c2ccc(Cl)cc2F)c1Cn1ncc(N2CC(OC3=CC=C(Cl)NC3)C2)cc1=O. The second kappa shape index (κ2) is 9.11. The molecule has 0 spiro atoms. The van der Waals surface area contributed by atoms with Crippen LogP contribution >= 0.6 is 23.2 Å². The van der Waals surface area contributed by atoms with Crippen LogP contribution in [0.25, 0.3) is 11.3 Å². The van der Waals surface area contributed by atoms with Gasteiger partial charge in [0.25, 0.3) is 5.56 Å². The second-order valence-electron chi connectivity index (χ2n) is 7.99. The van der Waals surface area contributed by atoms with Crippen LogP contribution in [-0.2, 0) is 18.3 Å². The average molecular weight is 504 g/mol. The highest BCUT2D eigenvalue weighted by atomic mass is 35.5. The Balaban J connectivity index is 1.28. The Hall–Kier alpha value is -3.37. The molecule has 0 saturated carbocycles. The van der Waals surface area contributed by atoms with Crippen molar-refractivity contribution < 1.29 is 9.13 Å². The van der Waals surface area contributed by atoms with Gasteiger partial charge in [-0.3, -0.25) is 4.79 Å². The van der Waals surface area contributed by atoms with E-state index in [1.807, 2.05) is 11.0 Å². The lowest BCUT2D eigenvalue weighted by atomic mass is 10.1. The summed E-state index contributed by atoms with van der Waals surface area (Å²) in [6.45, 7) is 1.92. The normalized spacial score (nSPS) is 15.9. The zero-order valence-corrected chi connectivity index (χ0v) is 19.6. The lowest BCUT2D eigenvalue weighted by Crippen LogP contribution is -2.53. The number of ether oxygens (including phenoxy) is 1. The van der Waals surface area contributed by atoms with Crippen LogP contribution in [0.2, 0.25) is 5.02 Å². The van der Waals surface area contributed by atoms with Crippen LogP contribution in [0.4, 0.5) is 10.1 Å². The first-order valence-corrected chi connectivity index (χ1v) is 11.3. The van der Waals surface area contributed by atoms with Crippen molar-refractivity contribution in [1.29, 1.82) is 0 Å². The molecule has 9 nitrogen and oxygen atoms in total. The van der Waals surface area contributed by atoms with E-state index in [0.29, 0.717) is 41.9 Å². The van der Waals surface area contributed by atoms with Gasteiger partial charge in [0, 0.05) is 23.7 Å². The van der Waals surface area contributed by atoms with Crippen molar-refractivity contribution in [2.75, 3.05) is 24.5 Å². The van der Waals surface area contributed by atoms with Gasteiger partial charge in [0.2, 0.25) is 0 Å². The van der Waals surface area contributed by atoms with E-state index >= 15 is 0 Å². The van der Waals surface area contributed by atoms with Gasteiger partial charge in [-0.05, 0) is 30.4 Å². The maximum absolute atomic E-state index is 14.5. The van der Waals surface area contributed by atoms with Gasteiger partial charge < -0.3 is 15.0 Å². The minimum Gasteiger partial charge on any atom is -0.489 e. The minimum absolute atomic E-state index is 0.0260. The van der Waals surface area contributed by atoms with Crippen LogP contribution in [0.1, 0.15) is 5.69 Å². The molecule has 0 atom stereocenters. The van der Waals surface area contributed by atoms with Crippen LogP contribution in [0.3, 0.4) is 0 Å². The summed E-state index contributed by atoms with van der Waals surface area (Å²) in [7, 11) is 1.68. The summed E-state index contributed by atoms with van der Waals surface area (Å²) < 4.78 is 23.2. The molecule has 12 heteroatoms. The van der Waals surface area contributed by atoms with E-state index in [0.717, 1.165) is 5.76 Å². The largest absolute Gasteiger partial charge is 0.489 e. The van der Waals surface area contributed by atoms with Crippen molar-refractivity contribution in [3.63, 3.8) is 0 Å². The number of rotatable bonds is 6. The van der Waals surface area contributed by atoms with Crippen molar-refractivity contribution in [3.8, 4) is 11.3 Å². The molecule has 0 amide bonds. The number of hydrogen-bond acceptors (Lipinski definition) is 7. The summed E-state index contributed by atoms with van der Waals surface area (Å²) in [5, 5.41) is 16.3. The molecule has 1 aromatic carbocycles. The van der Waals surface area contributed by atoms with Gasteiger partial charge in [-0.15, -0.1) is 5.10 Å². The van der Waals surface area contributed by atoms with Crippen LogP contribution in [0, 0.1) is 5.82 Å². The number of benzene rings is 1. The van der Waals surface area contributed by atoms with Crippen molar-refractivity contribution in [2.24, 2.45) is 7.05 Å². The molecule has 0 unspecified atom stereocenters. The van der Waals surface area contributed by atoms with Crippen molar-refractivity contribution >= 4 is 28.9 Å². The molecule has 3 aromatic rings. The molecular weight excluding hydrogens is 484 g/mol. The van der Waals surface area contributed by atoms with Crippen molar-refractivity contribution in [1.82, 2.24) is 30.1 Å². The topological polar surface area (TPSA) is 90.1 Å². The molecule has 2 aliphatic heterocycles. The second-order valence-corrected chi connectivity index (χ2v) is 8.83. The Kier molecular flexibility index (Phi) is 6.01. The molecular formula is C22H20Cl2FN7O2. The Bertz CT molecular complexity index is 1360. The molecule has 5 rings (SSSR count). The zero-order chi connectivity index (χ0) is 23.8. The lowest BCUT2D eigenvalue weighted by Gasteiger charge is -2.41. The molecule has 0 radical (unpaired) electrons. The number of halogens is 3. The highest BCUT2D eigenvalue weighted by Gasteiger charge is 2.30. The molecule has 34 heavy (non-hydrogen) atoms. The number of aryl methyl sites for hydroxylation is 1. The number of dihydropyridines is 1. The Morgan fingerprint density at radius 3 is 2.76 bits per heavy atom. The van der Waals surface area contributed by atoms with Crippen molar-refractivity contribution in [2.45, 2.75) is 12.6 Å². The first-order valence-electron chi connectivity index (χ1n) is 10.5. The monoisotopic (exact) mass is 503 g/mol. The molecule has 1 fully saturated rings. The quantitative estimate of drug-likeness (QED) is 0.517. The van der Waals surface area contributed by atoms with E-state index in [1.165, 1.54) is 27.6 Å². The van der Waals surface area contributed by atoms with Gasteiger partial charge >= 0.3 is 0 Å². The van der Waals surface area contributed by atoms with E-state index in [1.54, 1.807) is 25.4 Å². The fourth-order valence-electron chi connectivity index (χ4n) is 3.78. The number of nitrogens with zero attached hydrogens (tertiary/aromatic N) is 6. The third kappa shape index (κ3) is 4.51. The predicted octanol–water partition coefficient (Wildman–Crippen LogP) is 2.65. The first kappa shape index (κ1) is 22.4. The number of anilines is 1. The van der Waals surface area contributed by atoms with Crippen molar-refractivity contribution in [3.05, 3.63) is 80.4 Å². The van der Waals surface area contributed by atoms with Gasteiger partial charge in [-0.25, -0.2) is 13.8 Å². The minimum atomic E-state index is -0.515. The predicted molar refractivity (Wildman–Crippen MR) is 126 cm³/mol. The summed E-state index contributed by atoms with van der Waals surface area (Å²) in [6, 6.07) is 5.86. The number of hydrogen-bond donors (Lipinski definition) is 1. The highest BCUT2D eigenvalue weighted by molar-refractivity contribution is 6.30. The molecule has 1 N–H and O–H groups in total. The summed E-state index contributed by atoms with van der Waals surface area (Å²) in [6.07, 6.45) is 5.26. The van der Waals surface area contributed by atoms with E-state index in [2.05, 4.69) is 20.7 Å². The van der Waals surface area contributed by atoms with Gasteiger partial charge in [0.1, 0.15) is 28.5 Å². The molecule has 176 valence electrons. The molecule has 2 aromatic heterocycles. The lowest BCUT2D eigenvalue weighted by molar-refractivity contribution is 0.0872. The van der Waals surface area contributed by atoms with Crippen LogP contribution in [0.15, 0.2) is 58.3 Å². The van der Waals surface area contributed by atoms with Crippen LogP contribution < -0.4 is 15.8 Å². The van der Waals surface area contributed by atoms with Gasteiger partial charge in [-0.1, -0.05) is 28.4 Å². The summed E-state index contributed by atoms with van der Waals surface area (Å²) in [5.41, 5.74) is 1.56. The zero-order valence-electron chi connectivity index (χ0n) is 18.1. The highest BCUT2D eigenvalue weighted by Crippen LogP contribution is 2.27. The third-order valence-corrected chi connectivity index (χ3v) is 6.16. The van der Waals surface area contributed by atoms with Gasteiger partial charge in [0.05, 0.1) is 43.8 Å². The fraction of sp³-hybridized carbons (Fsp3) is 0.273. The first-order chi connectivity index (χ1) is 16.4. The third-order valence-electron chi connectivity index (χ3n) is 5.66. The number of allylic oxidation sites excluding steroid dienone is 2. The summed E-state index contributed by atoms with van der Waals surface area (Å²) in [5.74, 6) is 0.304. The maximum Gasteiger partial charge on any atom is 0.269 e. The molecule has 0 bridgehead atoms. The van der Waals surface area contributed by atoms with E-state index in [9.17, 15) is 9.18 Å². The van der Waals surface area contributed by atoms with E-state index in [4.69, 9.17) is 27.9 Å². The molecule has 0 aliphatic carbocycles. The van der Waals surface area contributed by atoms with Crippen LogP contribution in [-0.4, -0.2) is 50.5 Å². The Labute approximate surface area is 204 Å². The maximum atomic E-state index is 14.5. The standard InChI is InChI=1S/C22H20Cl2FN7O2/c1-30-19(22(28-29-30)17-4-2-13(23)6-18(17)25)12-32-21(33)7-14(8-27-32)31-10-16(11-31)34-15-3-5-20(24)26-9-15/h2-8,16,26H,9-12H2,1H3. The van der Waals surface area contributed by atoms with Gasteiger partial charge in [0.15, 0.2) is 0 Å². The molecule has 4 heterocycles.